The van der Waals surface area contributed by atoms with E-state index < -0.39 is 29.4 Å². The van der Waals surface area contributed by atoms with Gasteiger partial charge in [0.25, 0.3) is 0 Å². The second-order valence-electron chi connectivity index (χ2n) is 4.90. The standard InChI is InChI=1S/C15H20O6/c1-10(2)12(16)21-15(8-6-5-7-9-15)11(13(17)19-3)14(18)20-4/h6,8,11H,1,5,7,9H2,2-4H3. The van der Waals surface area contributed by atoms with Crippen molar-refractivity contribution in [2.24, 2.45) is 5.92 Å². The summed E-state index contributed by atoms with van der Waals surface area (Å²) in [5.41, 5.74) is -1.21. The van der Waals surface area contributed by atoms with Gasteiger partial charge >= 0.3 is 17.9 Å². The molecule has 6 heteroatoms. The topological polar surface area (TPSA) is 78.9 Å². The molecule has 6 nitrogen and oxygen atoms in total. The van der Waals surface area contributed by atoms with Gasteiger partial charge in [0.1, 0.15) is 0 Å². The Kier molecular flexibility index (Phi) is 5.69. The van der Waals surface area contributed by atoms with Gasteiger partial charge in [-0.25, -0.2) is 4.79 Å². The number of carbonyl (C=O) groups is 3. The van der Waals surface area contributed by atoms with Gasteiger partial charge in [0.05, 0.1) is 14.2 Å². The fraction of sp³-hybridized carbons (Fsp3) is 0.533. The molecular formula is C15H20O6. The highest BCUT2D eigenvalue weighted by Crippen LogP contribution is 2.36. The zero-order valence-electron chi connectivity index (χ0n) is 12.5. The predicted octanol–water partition coefficient (Wildman–Crippen LogP) is 1.55. The Balaban J connectivity index is 3.25. The van der Waals surface area contributed by atoms with E-state index in [1.165, 1.54) is 21.1 Å². The number of hydrogen-bond acceptors (Lipinski definition) is 6. The Morgan fingerprint density at radius 1 is 1.19 bits per heavy atom. The first-order valence-corrected chi connectivity index (χ1v) is 6.60. The zero-order chi connectivity index (χ0) is 16.0. The van der Waals surface area contributed by atoms with Crippen LogP contribution in [0.25, 0.3) is 0 Å². The summed E-state index contributed by atoms with van der Waals surface area (Å²) in [6.45, 7) is 5.00. The number of esters is 3. The Bertz CT molecular complexity index is 463. The molecule has 0 heterocycles. The molecule has 1 aliphatic rings. The van der Waals surface area contributed by atoms with Crippen LogP contribution in [0.5, 0.6) is 0 Å². The SMILES string of the molecule is C=C(C)C(=O)OC1(C(C(=O)OC)C(=O)OC)C=CCCC1. The molecule has 116 valence electrons. The van der Waals surface area contributed by atoms with E-state index in [4.69, 9.17) is 4.74 Å². The minimum absolute atomic E-state index is 0.182. The lowest BCUT2D eigenvalue weighted by atomic mass is 9.79. The summed E-state index contributed by atoms with van der Waals surface area (Å²) in [4.78, 5) is 35.9. The molecule has 0 aliphatic heterocycles. The molecule has 0 N–H and O–H groups in total. The first-order valence-electron chi connectivity index (χ1n) is 6.60. The predicted molar refractivity (Wildman–Crippen MR) is 74.2 cm³/mol. The van der Waals surface area contributed by atoms with Crippen LogP contribution in [0.1, 0.15) is 26.2 Å². The van der Waals surface area contributed by atoms with Crippen molar-refractivity contribution in [1.29, 1.82) is 0 Å². The van der Waals surface area contributed by atoms with Crippen molar-refractivity contribution in [2.75, 3.05) is 14.2 Å². The maximum Gasteiger partial charge on any atom is 0.334 e. The number of allylic oxidation sites excluding steroid dienone is 1. The fourth-order valence-corrected chi connectivity index (χ4v) is 2.24. The van der Waals surface area contributed by atoms with E-state index in [-0.39, 0.29) is 5.57 Å². The summed E-state index contributed by atoms with van der Waals surface area (Å²) in [6, 6.07) is 0. The van der Waals surface area contributed by atoms with Gasteiger partial charge in [0.15, 0.2) is 11.5 Å². The monoisotopic (exact) mass is 296 g/mol. The van der Waals surface area contributed by atoms with Crippen molar-refractivity contribution in [1.82, 2.24) is 0 Å². The first-order chi connectivity index (χ1) is 9.88. The van der Waals surface area contributed by atoms with Crippen molar-refractivity contribution >= 4 is 17.9 Å². The highest BCUT2D eigenvalue weighted by atomic mass is 16.6. The third-order valence-corrected chi connectivity index (χ3v) is 3.33. The molecule has 0 aromatic heterocycles. The minimum atomic E-state index is -1.39. The number of hydrogen-bond donors (Lipinski definition) is 0. The number of carbonyl (C=O) groups excluding carboxylic acids is 3. The highest BCUT2D eigenvalue weighted by molar-refractivity contribution is 5.97. The highest BCUT2D eigenvalue weighted by Gasteiger charge is 2.51. The van der Waals surface area contributed by atoms with Crippen LogP contribution in [0.2, 0.25) is 0 Å². The summed E-state index contributed by atoms with van der Waals surface area (Å²) < 4.78 is 14.8. The van der Waals surface area contributed by atoms with Crippen molar-refractivity contribution in [3.8, 4) is 0 Å². The first kappa shape index (κ1) is 16.9. The lowest BCUT2D eigenvalue weighted by Gasteiger charge is -2.36. The molecule has 0 bridgehead atoms. The number of methoxy groups -OCH3 is 2. The zero-order valence-corrected chi connectivity index (χ0v) is 12.5. The van der Waals surface area contributed by atoms with Gasteiger partial charge in [0, 0.05) is 5.57 Å². The molecule has 0 radical (unpaired) electrons. The van der Waals surface area contributed by atoms with E-state index >= 15 is 0 Å². The Labute approximate surface area is 123 Å². The summed E-state index contributed by atoms with van der Waals surface area (Å²) in [5.74, 6) is -3.63. The quantitative estimate of drug-likeness (QED) is 0.252. The molecule has 1 aliphatic carbocycles. The van der Waals surface area contributed by atoms with Crippen LogP contribution in [0.15, 0.2) is 24.3 Å². The smallest absolute Gasteiger partial charge is 0.334 e. The van der Waals surface area contributed by atoms with Crippen molar-refractivity contribution in [3.63, 3.8) is 0 Å². The maximum absolute atomic E-state index is 12.0. The molecule has 0 aromatic carbocycles. The minimum Gasteiger partial charge on any atom is -0.468 e. The second kappa shape index (κ2) is 7.06. The second-order valence-corrected chi connectivity index (χ2v) is 4.90. The largest absolute Gasteiger partial charge is 0.468 e. The van der Waals surface area contributed by atoms with E-state index in [0.29, 0.717) is 12.8 Å². The fourth-order valence-electron chi connectivity index (χ4n) is 2.24. The van der Waals surface area contributed by atoms with Crippen molar-refractivity contribution < 1.29 is 28.6 Å². The third kappa shape index (κ3) is 3.71. The number of ether oxygens (including phenoxy) is 3. The average molecular weight is 296 g/mol. The molecule has 21 heavy (non-hydrogen) atoms. The van der Waals surface area contributed by atoms with Gasteiger partial charge < -0.3 is 14.2 Å². The molecule has 1 rings (SSSR count). The van der Waals surface area contributed by atoms with Gasteiger partial charge in [-0.1, -0.05) is 12.7 Å². The van der Waals surface area contributed by atoms with Crippen LogP contribution in [0.3, 0.4) is 0 Å². The Hall–Kier alpha value is -2.11. The van der Waals surface area contributed by atoms with Crippen molar-refractivity contribution in [2.45, 2.75) is 31.8 Å². The van der Waals surface area contributed by atoms with Gasteiger partial charge in [-0.2, -0.15) is 0 Å². The van der Waals surface area contributed by atoms with E-state index in [1.54, 1.807) is 12.2 Å². The molecule has 1 atom stereocenters. The van der Waals surface area contributed by atoms with Crippen LogP contribution in [0, 0.1) is 5.92 Å². The summed E-state index contributed by atoms with van der Waals surface area (Å²) in [7, 11) is 2.33. The van der Waals surface area contributed by atoms with E-state index in [2.05, 4.69) is 16.1 Å². The van der Waals surface area contributed by atoms with Gasteiger partial charge in [-0.3, -0.25) is 9.59 Å². The number of rotatable bonds is 5. The third-order valence-electron chi connectivity index (χ3n) is 3.33. The lowest BCUT2D eigenvalue weighted by Crippen LogP contribution is -2.50. The molecule has 0 aromatic rings. The Morgan fingerprint density at radius 2 is 1.76 bits per heavy atom. The Morgan fingerprint density at radius 3 is 2.14 bits per heavy atom. The summed E-state index contributed by atoms with van der Waals surface area (Å²) in [6.07, 6.45) is 5.12. The summed E-state index contributed by atoms with van der Waals surface area (Å²) >= 11 is 0. The van der Waals surface area contributed by atoms with Gasteiger partial charge in [-0.05, 0) is 32.3 Å². The van der Waals surface area contributed by atoms with Crippen LogP contribution in [0.4, 0.5) is 0 Å². The van der Waals surface area contributed by atoms with E-state index in [9.17, 15) is 14.4 Å². The van der Waals surface area contributed by atoms with Crippen LogP contribution in [-0.2, 0) is 28.6 Å². The molecule has 0 spiro atoms. The normalized spacial score (nSPS) is 20.8. The van der Waals surface area contributed by atoms with Gasteiger partial charge in [-0.15, -0.1) is 0 Å². The van der Waals surface area contributed by atoms with Gasteiger partial charge in [0.2, 0.25) is 0 Å². The van der Waals surface area contributed by atoms with Crippen LogP contribution in [-0.4, -0.2) is 37.7 Å². The molecule has 0 fully saturated rings. The van der Waals surface area contributed by atoms with Crippen LogP contribution >= 0.6 is 0 Å². The molecule has 0 saturated carbocycles. The molecule has 1 unspecified atom stereocenters. The van der Waals surface area contributed by atoms with E-state index in [1.807, 2.05) is 0 Å². The maximum atomic E-state index is 12.0. The van der Waals surface area contributed by atoms with Crippen molar-refractivity contribution in [3.05, 3.63) is 24.3 Å². The van der Waals surface area contributed by atoms with Crippen LogP contribution < -0.4 is 0 Å². The average Bonchev–Trinajstić information content (AvgIpc) is 2.47. The summed E-state index contributed by atoms with van der Waals surface area (Å²) in [5, 5.41) is 0. The molecule has 0 amide bonds. The lowest BCUT2D eigenvalue weighted by molar-refractivity contribution is -0.177. The molecule has 0 saturated heterocycles. The molecular weight excluding hydrogens is 276 g/mol. The van der Waals surface area contributed by atoms with E-state index in [0.717, 1.165) is 6.42 Å².